The summed E-state index contributed by atoms with van der Waals surface area (Å²) in [5.41, 5.74) is 1.41. The van der Waals surface area contributed by atoms with E-state index in [2.05, 4.69) is 20.4 Å². The van der Waals surface area contributed by atoms with Crippen LogP contribution >= 0.6 is 24.0 Å². The summed E-state index contributed by atoms with van der Waals surface area (Å²) in [6.45, 7) is 5.34. The van der Waals surface area contributed by atoms with Gasteiger partial charge in [-0.15, -0.1) is 34.2 Å². The summed E-state index contributed by atoms with van der Waals surface area (Å²) in [7, 11) is 1.93. The van der Waals surface area contributed by atoms with Crippen molar-refractivity contribution in [1.82, 2.24) is 25.0 Å². The van der Waals surface area contributed by atoms with Crippen molar-refractivity contribution in [2.24, 2.45) is 12.0 Å². The number of halogens is 3. The molecular formula is C23H28F2IN7. The molecule has 1 saturated heterocycles. The van der Waals surface area contributed by atoms with Crippen molar-refractivity contribution in [2.45, 2.75) is 20.0 Å². The summed E-state index contributed by atoms with van der Waals surface area (Å²) in [6.07, 6.45) is 0. The van der Waals surface area contributed by atoms with Crippen molar-refractivity contribution in [2.75, 3.05) is 31.1 Å². The third-order valence-corrected chi connectivity index (χ3v) is 5.67. The van der Waals surface area contributed by atoms with Gasteiger partial charge in [-0.1, -0.05) is 30.3 Å². The van der Waals surface area contributed by atoms with Gasteiger partial charge in [0.1, 0.15) is 17.5 Å². The maximum Gasteiger partial charge on any atom is 0.194 e. The highest BCUT2D eigenvalue weighted by Gasteiger charge is 2.22. The van der Waals surface area contributed by atoms with Gasteiger partial charge in [0, 0.05) is 39.3 Å². The lowest BCUT2D eigenvalue weighted by atomic mass is 10.2. The molecule has 1 fully saturated rings. The van der Waals surface area contributed by atoms with E-state index in [1.807, 2.05) is 53.8 Å². The van der Waals surface area contributed by atoms with E-state index in [9.17, 15) is 8.78 Å². The first kappa shape index (κ1) is 24.9. The first-order valence-corrected chi connectivity index (χ1v) is 10.6. The number of rotatable bonds is 5. The van der Waals surface area contributed by atoms with Crippen LogP contribution in [0.2, 0.25) is 0 Å². The molecule has 0 bridgehead atoms. The molecule has 0 amide bonds. The Morgan fingerprint density at radius 1 is 1.03 bits per heavy atom. The van der Waals surface area contributed by atoms with E-state index in [-0.39, 0.29) is 24.0 Å². The van der Waals surface area contributed by atoms with Gasteiger partial charge in [0.05, 0.1) is 18.8 Å². The number of hydrogen-bond acceptors (Lipinski definition) is 4. The lowest BCUT2D eigenvalue weighted by Gasteiger charge is -2.37. The van der Waals surface area contributed by atoms with Crippen molar-refractivity contribution < 1.29 is 8.78 Å². The number of benzene rings is 2. The summed E-state index contributed by atoms with van der Waals surface area (Å²) in [5, 5.41) is 11.7. The average Bonchev–Trinajstić information content (AvgIpc) is 3.14. The fourth-order valence-corrected chi connectivity index (χ4v) is 3.67. The minimum atomic E-state index is -0.436. The first-order valence-electron chi connectivity index (χ1n) is 10.6. The maximum atomic E-state index is 14.2. The minimum Gasteiger partial charge on any atom is -0.366 e. The topological polar surface area (TPSA) is 61.6 Å². The Bertz CT molecular complexity index is 1080. The number of nitrogens with one attached hydrogen (secondary N) is 1. The van der Waals surface area contributed by atoms with Gasteiger partial charge >= 0.3 is 0 Å². The molecular weight excluding hydrogens is 539 g/mol. The van der Waals surface area contributed by atoms with Crippen LogP contribution in [-0.4, -0.2) is 51.8 Å². The Morgan fingerprint density at radius 2 is 1.76 bits per heavy atom. The second kappa shape index (κ2) is 11.4. The van der Waals surface area contributed by atoms with E-state index < -0.39 is 11.6 Å². The van der Waals surface area contributed by atoms with Crippen LogP contribution in [0, 0.1) is 18.6 Å². The Labute approximate surface area is 209 Å². The van der Waals surface area contributed by atoms with Gasteiger partial charge in [0.2, 0.25) is 0 Å². The second-order valence-electron chi connectivity index (χ2n) is 7.77. The zero-order valence-electron chi connectivity index (χ0n) is 18.7. The molecule has 176 valence electrons. The first-order chi connectivity index (χ1) is 15.5. The van der Waals surface area contributed by atoms with E-state index in [1.165, 1.54) is 12.1 Å². The number of hydrogen-bond donors (Lipinski definition) is 1. The van der Waals surface area contributed by atoms with Crippen molar-refractivity contribution in [3.8, 4) is 0 Å². The van der Waals surface area contributed by atoms with Crippen LogP contribution in [0.3, 0.4) is 0 Å². The molecule has 1 aromatic heterocycles. The van der Waals surface area contributed by atoms with E-state index in [0.29, 0.717) is 45.0 Å². The van der Waals surface area contributed by atoms with Crippen LogP contribution < -0.4 is 10.2 Å². The van der Waals surface area contributed by atoms with E-state index in [1.54, 1.807) is 0 Å². The van der Waals surface area contributed by atoms with Gasteiger partial charge < -0.3 is 19.7 Å². The van der Waals surface area contributed by atoms with Crippen LogP contribution in [0.5, 0.6) is 0 Å². The molecule has 1 aliphatic rings. The number of guanidine groups is 1. The highest BCUT2D eigenvalue weighted by molar-refractivity contribution is 14.0. The molecule has 2 heterocycles. The van der Waals surface area contributed by atoms with Crippen LogP contribution in [-0.2, 0) is 20.1 Å². The molecule has 4 rings (SSSR count). The molecule has 1 aliphatic heterocycles. The standard InChI is InChI=1S/C23H27F2N7.HI/c1-17-28-29-22(30(17)2)16-27-23(26-15-18-6-4-3-5-7-18)32-12-10-31(11-13-32)21-14-19(24)8-9-20(21)25;/h3-9,14H,10-13,15-16H2,1-2H3,(H,26,27);1H. The Morgan fingerprint density at radius 3 is 2.42 bits per heavy atom. The summed E-state index contributed by atoms with van der Waals surface area (Å²) in [4.78, 5) is 8.83. The zero-order chi connectivity index (χ0) is 22.5. The van der Waals surface area contributed by atoms with Crippen LogP contribution in [0.1, 0.15) is 17.2 Å². The van der Waals surface area contributed by atoms with E-state index in [4.69, 9.17) is 4.99 Å². The SMILES string of the molecule is Cc1nnc(CNC(=NCc2ccccc2)N2CCN(c3cc(F)ccc3F)CC2)n1C.I. The third kappa shape index (κ3) is 6.18. The number of aromatic nitrogens is 3. The number of piperazine rings is 1. The molecule has 2 aromatic carbocycles. The van der Waals surface area contributed by atoms with Crippen molar-refractivity contribution >= 4 is 35.6 Å². The Hall–Kier alpha value is -2.76. The monoisotopic (exact) mass is 567 g/mol. The third-order valence-electron chi connectivity index (χ3n) is 5.67. The highest BCUT2D eigenvalue weighted by Crippen LogP contribution is 2.22. The van der Waals surface area contributed by atoms with Crippen molar-refractivity contribution in [1.29, 1.82) is 0 Å². The maximum absolute atomic E-state index is 14.2. The molecule has 1 N–H and O–H groups in total. The summed E-state index contributed by atoms with van der Waals surface area (Å²) in [5.74, 6) is 1.57. The molecule has 0 unspecified atom stereocenters. The smallest absolute Gasteiger partial charge is 0.194 e. The van der Waals surface area contributed by atoms with E-state index >= 15 is 0 Å². The average molecular weight is 567 g/mol. The largest absolute Gasteiger partial charge is 0.366 e. The van der Waals surface area contributed by atoms with Crippen molar-refractivity contribution in [3.63, 3.8) is 0 Å². The lowest BCUT2D eigenvalue weighted by Crippen LogP contribution is -2.52. The van der Waals surface area contributed by atoms with Gasteiger partial charge in [0.15, 0.2) is 11.8 Å². The lowest BCUT2D eigenvalue weighted by molar-refractivity contribution is 0.368. The number of aliphatic imine (C=N–C) groups is 1. The molecule has 3 aromatic rings. The molecule has 0 spiro atoms. The van der Waals surface area contributed by atoms with Crippen LogP contribution in [0.15, 0.2) is 53.5 Å². The zero-order valence-corrected chi connectivity index (χ0v) is 21.0. The van der Waals surface area contributed by atoms with Gasteiger partial charge in [0.25, 0.3) is 0 Å². The van der Waals surface area contributed by atoms with Gasteiger partial charge in [-0.3, -0.25) is 0 Å². The number of anilines is 1. The van der Waals surface area contributed by atoms with Crippen LogP contribution in [0.25, 0.3) is 0 Å². The summed E-state index contributed by atoms with van der Waals surface area (Å²) < 4.78 is 29.7. The van der Waals surface area contributed by atoms with Crippen molar-refractivity contribution in [3.05, 3.63) is 77.4 Å². The number of aryl methyl sites for hydroxylation is 1. The fourth-order valence-electron chi connectivity index (χ4n) is 3.67. The summed E-state index contributed by atoms with van der Waals surface area (Å²) >= 11 is 0. The molecule has 33 heavy (non-hydrogen) atoms. The second-order valence-corrected chi connectivity index (χ2v) is 7.77. The summed E-state index contributed by atoms with van der Waals surface area (Å²) in [6, 6.07) is 13.6. The number of nitrogens with zero attached hydrogens (tertiary/aromatic N) is 6. The van der Waals surface area contributed by atoms with Gasteiger partial charge in [-0.25, -0.2) is 13.8 Å². The van der Waals surface area contributed by atoms with E-state index in [0.717, 1.165) is 29.2 Å². The predicted molar refractivity (Wildman–Crippen MR) is 136 cm³/mol. The molecule has 0 saturated carbocycles. The van der Waals surface area contributed by atoms with Gasteiger partial charge in [-0.05, 0) is 24.6 Å². The predicted octanol–water partition coefficient (Wildman–Crippen LogP) is 3.49. The van der Waals surface area contributed by atoms with Crippen LogP contribution in [0.4, 0.5) is 14.5 Å². The fraction of sp³-hybridized carbons (Fsp3) is 0.348. The van der Waals surface area contributed by atoms with Gasteiger partial charge in [-0.2, -0.15) is 0 Å². The molecule has 0 atom stereocenters. The molecule has 10 heteroatoms. The molecule has 7 nitrogen and oxygen atoms in total. The molecule has 0 radical (unpaired) electrons. The molecule has 0 aliphatic carbocycles. The quantitative estimate of drug-likeness (QED) is 0.291. The Kier molecular flexibility index (Phi) is 8.59. The highest BCUT2D eigenvalue weighted by atomic mass is 127. The Balaban J connectivity index is 0.00000306. The normalized spacial score (nSPS) is 14.2. The minimum absolute atomic E-state index is 0.